The quantitative estimate of drug-likeness (QED) is 0.622. The fraction of sp³-hybridized carbons (Fsp3) is 0.286. The van der Waals surface area contributed by atoms with Gasteiger partial charge in [-0.15, -0.1) is 0 Å². The predicted octanol–water partition coefficient (Wildman–Crippen LogP) is 2.91. The summed E-state index contributed by atoms with van der Waals surface area (Å²) in [4.78, 5) is 25.9. The number of β-amino-alcohol motifs (C(OH)–C–C–N with tert-alkyl or cyclic N) is 1. The third-order valence-corrected chi connectivity index (χ3v) is 5.18. The van der Waals surface area contributed by atoms with Gasteiger partial charge in [0.05, 0.1) is 13.2 Å². The van der Waals surface area contributed by atoms with Crippen molar-refractivity contribution in [1.82, 2.24) is 4.90 Å². The number of nitriles is 1. The van der Waals surface area contributed by atoms with Crippen LogP contribution in [0.2, 0.25) is 5.02 Å². The average Bonchev–Trinajstić information content (AvgIpc) is 3.14. The average molecular weight is 399 g/mol. The maximum atomic E-state index is 12.7. The number of halogens is 1. The molecule has 28 heavy (non-hydrogen) atoms. The Morgan fingerprint density at radius 2 is 2.11 bits per heavy atom. The van der Waals surface area contributed by atoms with Gasteiger partial charge < -0.3 is 9.84 Å². The Hall–Kier alpha value is -2.88. The first-order valence-electron chi connectivity index (χ1n) is 8.81. The summed E-state index contributed by atoms with van der Waals surface area (Å²) in [5.74, 6) is -0.555. The van der Waals surface area contributed by atoms with E-state index in [1.54, 1.807) is 13.0 Å². The summed E-state index contributed by atoms with van der Waals surface area (Å²) in [5.41, 5.74) is 2.27. The maximum Gasteiger partial charge on any atom is 0.271 e. The largest absolute Gasteiger partial charge is 0.486 e. The van der Waals surface area contributed by atoms with Crippen LogP contribution in [0.5, 0.6) is 0 Å². The Balaban J connectivity index is 1.87. The number of hydrogen-bond acceptors (Lipinski definition) is 5. The van der Waals surface area contributed by atoms with E-state index in [0.717, 1.165) is 16.0 Å². The summed E-state index contributed by atoms with van der Waals surface area (Å²) in [5, 5.41) is 19.1. The van der Waals surface area contributed by atoms with Crippen molar-refractivity contribution in [3.05, 3.63) is 63.2 Å². The number of carbonyl (C=O) groups is 2. The van der Waals surface area contributed by atoms with E-state index in [0.29, 0.717) is 22.8 Å². The molecule has 7 heteroatoms. The highest BCUT2D eigenvalue weighted by Gasteiger charge is 2.36. The van der Waals surface area contributed by atoms with Gasteiger partial charge in [0.2, 0.25) is 0 Å². The van der Waals surface area contributed by atoms with Crippen LogP contribution >= 0.6 is 11.6 Å². The minimum absolute atomic E-state index is 0.101. The van der Waals surface area contributed by atoms with Crippen molar-refractivity contribution in [1.29, 1.82) is 5.26 Å². The second-order valence-corrected chi connectivity index (χ2v) is 7.01. The molecular formula is C21H19ClN2O4. The number of rotatable bonds is 4. The second kappa shape index (κ2) is 8.01. The van der Waals surface area contributed by atoms with Gasteiger partial charge in [-0.1, -0.05) is 23.7 Å². The molecule has 0 radical (unpaired) electrons. The maximum absolute atomic E-state index is 12.7. The molecular weight excluding hydrogens is 380 g/mol. The lowest BCUT2D eigenvalue weighted by atomic mass is 9.94. The van der Waals surface area contributed by atoms with Crippen molar-refractivity contribution in [2.45, 2.75) is 26.4 Å². The zero-order valence-corrected chi connectivity index (χ0v) is 16.3. The van der Waals surface area contributed by atoms with Gasteiger partial charge in [0, 0.05) is 22.6 Å². The molecule has 1 N–H and O–H groups in total. The highest BCUT2D eigenvalue weighted by Crippen LogP contribution is 2.32. The molecule has 0 saturated heterocycles. The van der Waals surface area contributed by atoms with Crippen molar-refractivity contribution < 1.29 is 19.4 Å². The van der Waals surface area contributed by atoms with Crippen molar-refractivity contribution in [3.8, 4) is 6.07 Å². The van der Waals surface area contributed by atoms with Crippen molar-refractivity contribution in [2.75, 3.05) is 13.2 Å². The summed E-state index contributed by atoms with van der Waals surface area (Å²) >= 11 is 6.18. The lowest BCUT2D eigenvalue weighted by Gasteiger charge is -2.27. The van der Waals surface area contributed by atoms with Crippen molar-refractivity contribution in [2.24, 2.45) is 0 Å². The molecule has 0 aliphatic carbocycles. The molecule has 3 rings (SSSR count). The Labute approximate surface area is 168 Å². The minimum atomic E-state index is -0.684. The molecule has 1 atom stereocenters. The second-order valence-electron chi connectivity index (χ2n) is 6.60. The summed E-state index contributed by atoms with van der Waals surface area (Å²) in [6.07, 6.45) is 3.68. The third-order valence-electron chi connectivity index (χ3n) is 4.77. The van der Waals surface area contributed by atoms with Crippen LogP contribution in [0.4, 0.5) is 0 Å². The van der Waals surface area contributed by atoms with E-state index in [1.165, 1.54) is 0 Å². The first kappa shape index (κ1) is 19.9. The highest BCUT2D eigenvalue weighted by atomic mass is 35.5. The number of hydrogen-bond donors (Lipinski definition) is 1. The van der Waals surface area contributed by atoms with Gasteiger partial charge >= 0.3 is 0 Å². The number of ether oxygens (including phenoxy) is 1. The first-order chi connectivity index (χ1) is 13.4. The molecule has 0 aromatic heterocycles. The van der Waals surface area contributed by atoms with Crippen LogP contribution in [-0.2, 0) is 14.3 Å². The molecule has 0 spiro atoms. The van der Waals surface area contributed by atoms with E-state index in [1.807, 2.05) is 37.3 Å². The van der Waals surface area contributed by atoms with E-state index in [-0.39, 0.29) is 24.3 Å². The molecule has 2 amide bonds. The number of carbonyl (C=O) groups excluding carboxylic acids is 2. The number of aliphatic hydroxyl groups excluding tert-OH is 1. The van der Waals surface area contributed by atoms with Crippen LogP contribution in [-0.4, -0.2) is 41.1 Å². The molecule has 1 aromatic rings. The lowest BCUT2D eigenvalue weighted by Crippen LogP contribution is -2.44. The number of amides is 2. The Kier molecular flexibility index (Phi) is 5.68. The fourth-order valence-corrected chi connectivity index (χ4v) is 3.34. The van der Waals surface area contributed by atoms with E-state index < -0.39 is 17.9 Å². The van der Waals surface area contributed by atoms with Crippen LogP contribution < -0.4 is 0 Å². The van der Waals surface area contributed by atoms with E-state index >= 15 is 0 Å². The Morgan fingerprint density at radius 3 is 2.75 bits per heavy atom. The van der Waals surface area contributed by atoms with E-state index in [2.05, 4.69) is 0 Å². The van der Waals surface area contributed by atoms with Crippen LogP contribution in [0.15, 0.2) is 47.1 Å². The van der Waals surface area contributed by atoms with E-state index in [9.17, 15) is 14.9 Å². The SMILES string of the molecule is CC1=C(C#N)C(=O)N(CCO)C(=O)/C1=C\C1CC=C(c2ccc(C)c(Cl)c2)O1. The molecule has 144 valence electrons. The van der Waals surface area contributed by atoms with Gasteiger partial charge in [0.25, 0.3) is 11.8 Å². The molecule has 1 unspecified atom stereocenters. The highest BCUT2D eigenvalue weighted by molar-refractivity contribution is 6.31. The number of aliphatic hydroxyl groups is 1. The van der Waals surface area contributed by atoms with Crippen LogP contribution in [0.3, 0.4) is 0 Å². The molecule has 6 nitrogen and oxygen atoms in total. The smallest absolute Gasteiger partial charge is 0.271 e. The van der Waals surface area contributed by atoms with Crippen LogP contribution in [0, 0.1) is 18.3 Å². The third kappa shape index (κ3) is 3.59. The number of nitrogens with zero attached hydrogens (tertiary/aromatic N) is 2. The van der Waals surface area contributed by atoms with Crippen molar-refractivity contribution in [3.63, 3.8) is 0 Å². The predicted molar refractivity (Wildman–Crippen MR) is 104 cm³/mol. The molecule has 0 saturated carbocycles. The molecule has 2 aliphatic rings. The molecule has 2 aliphatic heterocycles. The minimum Gasteiger partial charge on any atom is -0.486 e. The monoisotopic (exact) mass is 398 g/mol. The van der Waals surface area contributed by atoms with Crippen LogP contribution in [0.1, 0.15) is 24.5 Å². The lowest BCUT2D eigenvalue weighted by molar-refractivity contribution is -0.141. The van der Waals surface area contributed by atoms with Gasteiger partial charge in [-0.05, 0) is 43.2 Å². The number of benzene rings is 1. The molecule has 1 aromatic carbocycles. The summed E-state index contributed by atoms with van der Waals surface area (Å²) in [7, 11) is 0. The Bertz CT molecular complexity index is 985. The summed E-state index contributed by atoms with van der Waals surface area (Å²) in [6, 6.07) is 7.50. The topological polar surface area (TPSA) is 90.6 Å². The number of aryl methyl sites for hydroxylation is 1. The van der Waals surface area contributed by atoms with Crippen LogP contribution in [0.25, 0.3) is 5.76 Å². The number of imide groups is 1. The fourth-order valence-electron chi connectivity index (χ4n) is 3.16. The molecule has 2 heterocycles. The summed E-state index contributed by atoms with van der Waals surface area (Å²) in [6.45, 7) is 2.95. The summed E-state index contributed by atoms with van der Waals surface area (Å²) < 4.78 is 5.95. The van der Waals surface area contributed by atoms with Gasteiger partial charge in [-0.2, -0.15) is 5.26 Å². The standard InChI is InChI=1S/C21H19ClN2O4/c1-12-3-4-14(9-18(12)22)19-6-5-15(28-19)10-16-13(2)17(11-23)21(27)24(7-8-25)20(16)26/h3-4,6,9-10,15,25H,5,7-8H2,1-2H3/b16-10-. The van der Waals surface area contributed by atoms with E-state index in [4.69, 9.17) is 21.4 Å². The van der Waals surface area contributed by atoms with Gasteiger partial charge in [0.1, 0.15) is 23.5 Å². The van der Waals surface area contributed by atoms with Gasteiger partial charge in [-0.3, -0.25) is 14.5 Å². The molecule has 0 bridgehead atoms. The zero-order chi connectivity index (χ0) is 20.4. The normalized spacial score (nSPS) is 21.1. The molecule has 0 fully saturated rings. The van der Waals surface area contributed by atoms with Crippen molar-refractivity contribution >= 4 is 29.2 Å². The Morgan fingerprint density at radius 1 is 1.36 bits per heavy atom. The first-order valence-corrected chi connectivity index (χ1v) is 9.18. The zero-order valence-electron chi connectivity index (χ0n) is 15.5. The van der Waals surface area contributed by atoms with Gasteiger partial charge in [-0.25, -0.2) is 0 Å². The van der Waals surface area contributed by atoms with Gasteiger partial charge in [0.15, 0.2) is 0 Å².